The van der Waals surface area contributed by atoms with Crippen LogP contribution in [0, 0.1) is 19.7 Å². The molecule has 0 amide bonds. The van der Waals surface area contributed by atoms with Crippen molar-refractivity contribution in [2.75, 3.05) is 7.11 Å². The van der Waals surface area contributed by atoms with Crippen LogP contribution in [0.5, 0.6) is 5.75 Å². The van der Waals surface area contributed by atoms with Crippen LogP contribution in [0.15, 0.2) is 36.4 Å². The highest BCUT2D eigenvalue weighted by atomic mass is 19.1. The summed E-state index contributed by atoms with van der Waals surface area (Å²) in [6.07, 6.45) is 0. The SMILES string of the molecule is COc1ccc(C(=O)c2cc(C)ccc2C)c(F)c1. The van der Waals surface area contributed by atoms with Gasteiger partial charge in [0.15, 0.2) is 5.78 Å². The molecular formula is C16H15FO2. The quantitative estimate of drug-likeness (QED) is 0.785. The van der Waals surface area contributed by atoms with Crippen molar-refractivity contribution in [1.82, 2.24) is 0 Å². The van der Waals surface area contributed by atoms with Crippen LogP contribution in [0.25, 0.3) is 0 Å². The molecule has 0 aliphatic rings. The zero-order valence-electron chi connectivity index (χ0n) is 11.2. The van der Waals surface area contributed by atoms with E-state index in [-0.39, 0.29) is 11.3 Å². The van der Waals surface area contributed by atoms with Gasteiger partial charge in [0.2, 0.25) is 0 Å². The summed E-state index contributed by atoms with van der Waals surface area (Å²) in [5.74, 6) is -0.471. The van der Waals surface area contributed by atoms with Gasteiger partial charge < -0.3 is 4.74 Å². The first-order valence-corrected chi connectivity index (χ1v) is 5.98. The number of ether oxygens (including phenoxy) is 1. The van der Waals surface area contributed by atoms with Crippen molar-refractivity contribution in [2.45, 2.75) is 13.8 Å². The average molecular weight is 258 g/mol. The van der Waals surface area contributed by atoms with Gasteiger partial charge in [-0.3, -0.25) is 4.79 Å². The Morgan fingerprint density at radius 3 is 2.42 bits per heavy atom. The largest absolute Gasteiger partial charge is 0.497 e. The van der Waals surface area contributed by atoms with Gasteiger partial charge in [-0.15, -0.1) is 0 Å². The standard InChI is InChI=1S/C16H15FO2/c1-10-4-5-11(2)14(8-10)16(18)13-7-6-12(19-3)9-15(13)17/h4-9H,1-3H3. The summed E-state index contributed by atoms with van der Waals surface area (Å²) in [6, 6.07) is 9.83. The summed E-state index contributed by atoms with van der Waals surface area (Å²) in [7, 11) is 1.46. The number of benzene rings is 2. The summed E-state index contributed by atoms with van der Waals surface area (Å²) < 4.78 is 18.8. The molecule has 0 atom stereocenters. The van der Waals surface area contributed by atoms with E-state index in [9.17, 15) is 9.18 Å². The van der Waals surface area contributed by atoms with Crippen molar-refractivity contribution in [1.29, 1.82) is 0 Å². The molecule has 2 rings (SSSR count). The fourth-order valence-electron chi connectivity index (χ4n) is 1.93. The fraction of sp³-hybridized carbons (Fsp3) is 0.188. The molecule has 2 nitrogen and oxygen atoms in total. The molecule has 2 aromatic rings. The van der Waals surface area contributed by atoms with Crippen LogP contribution in [0.4, 0.5) is 4.39 Å². The number of ketones is 1. The Morgan fingerprint density at radius 1 is 1.05 bits per heavy atom. The van der Waals surface area contributed by atoms with E-state index >= 15 is 0 Å². The molecule has 0 saturated heterocycles. The third-order valence-corrected chi connectivity index (χ3v) is 3.06. The van der Waals surface area contributed by atoms with E-state index in [4.69, 9.17) is 4.74 Å². The predicted octanol–water partition coefficient (Wildman–Crippen LogP) is 3.68. The smallest absolute Gasteiger partial charge is 0.196 e. The third kappa shape index (κ3) is 2.65. The van der Waals surface area contributed by atoms with Crippen molar-refractivity contribution in [3.63, 3.8) is 0 Å². The topological polar surface area (TPSA) is 26.3 Å². The number of carbonyl (C=O) groups excluding carboxylic acids is 1. The zero-order valence-corrected chi connectivity index (χ0v) is 11.2. The molecule has 0 saturated carbocycles. The summed E-state index contributed by atoms with van der Waals surface area (Å²) in [5.41, 5.74) is 2.41. The molecule has 0 bridgehead atoms. The lowest BCUT2D eigenvalue weighted by atomic mass is 9.97. The first-order valence-electron chi connectivity index (χ1n) is 5.98. The second-order valence-corrected chi connectivity index (χ2v) is 4.49. The van der Waals surface area contributed by atoms with Gasteiger partial charge in [0.05, 0.1) is 12.7 Å². The fourth-order valence-corrected chi connectivity index (χ4v) is 1.93. The minimum absolute atomic E-state index is 0.0644. The molecule has 3 heteroatoms. The molecule has 0 heterocycles. The lowest BCUT2D eigenvalue weighted by Gasteiger charge is -2.08. The molecule has 0 aliphatic heterocycles. The van der Waals surface area contributed by atoms with Crippen LogP contribution in [-0.4, -0.2) is 12.9 Å². The van der Waals surface area contributed by atoms with Gasteiger partial charge in [-0.25, -0.2) is 4.39 Å². The first kappa shape index (κ1) is 13.3. The van der Waals surface area contributed by atoms with Gasteiger partial charge in [-0.1, -0.05) is 17.7 Å². The first-order chi connectivity index (χ1) is 9.02. The average Bonchev–Trinajstić information content (AvgIpc) is 2.40. The Bertz CT molecular complexity index is 633. The molecule has 2 aromatic carbocycles. The zero-order chi connectivity index (χ0) is 14.0. The van der Waals surface area contributed by atoms with Crippen molar-refractivity contribution in [2.24, 2.45) is 0 Å². The van der Waals surface area contributed by atoms with Gasteiger partial charge in [-0.05, 0) is 37.6 Å². The maximum absolute atomic E-state index is 13.9. The lowest BCUT2D eigenvalue weighted by molar-refractivity contribution is 0.103. The number of aryl methyl sites for hydroxylation is 2. The highest BCUT2D eigenvalue weighted by Gasteiger charge is 2.16. The van der Waals surface area contributed by atoms with Gasteiger partial charge in [0.1, 0.15) is 11.6 Å². The number of carbonyl (C=O) groups is 1. The molecule has 19 heavy (non-hydrogen) atoms. The van der Waals surface area contributed by atoms with Crippen LogP contribution in [0.3, 0.4) is 0 Å². The normalized spacial score (nSPS) is 10.3. The van der Waals surface area contributed by atoms with E-state index in [2.05, 4.69) is 0 Å². The van der Waals surface area contributed by atoms with Crippen molar-refractivity contribution >= 4 is 5.78 Å². The molecule has 98 valence electrons. The number of hydrogen-bond donors (Lipinski definition) is 0. The Labute approximate surface area is 111 Å². The summed E-state index contributed by atoms with van der Waals surface area (Å²) >= 11 is 0. The van der Waals surface area contributed by atoms with Crippen molar-refractivity contribution in [3.05, 3.63) is 64.5 Å². The van der Waals surface area contributed by atoms with E-state index in [1.807, 2.05) is 26.0 Å². The van der Waals surface area contributed by atoms with E-state index in [1.54, 1.807) is 12.1 Å². The molecule has 0 unspecified atom stereocenters. The van der Waals surface area contributed by atoms with Gasteiger partial charge in [0.25, 0.3) is 0 Å². The Morgan fingerprint density at radius 2 is 1.79 bits per heavy atom. The third-order valence-electron chi connectivity index (χ3n) is 3.06. The van der Waals surface area contributed by atoms with Crippen LogP contribution < -0.4 is 4.74 Å². The molecule has 0 fully saturated rings. The van der Waals surface area contributed by atoms with E-state index in [1.165, 1.54) is 19.2 Å². The number of rotatable bonds is 3. The highest BCUT2D eigenvalue weighted by molar-refractivity contribution is 6.10. The second kappa shape index (κ2) is 5.22. The number of halogens is 1. The Kier molecular flexibility index (Phi) is 3.65. The molecule has 0 radical (unpaired) electrons. The van der Waals surface area contributed by atoms with Crippen LogP contribution in [0.2, 0.25) is 0 Å². The summed E-state index contributed by atoms with van der Waals surface area (Å²) in [4.78, 5) is 12.4. The van der Waals surface area contributed by atoms with E-state index in [0.717, 1.165) is 11.1 Å². The molecule has 0 aromatic heterocycles. The van der Waals surface area contributed by atoms with Crippen molar-refractivity contribution < 1.29 is 13.9 Å². The predicted molar refractivity (Wildman–Crippen MR) is 72.3 cm³/mol. The van der Waals surface area contributed by atoms with Crippen molar-refractivity contribution in [3.8, 4) is 5.75 Å². The lowest BCUT2D eigenvalue weighted by Crippen LogP contribution is -2.06. The number of methoxy groups -OCH3 is 1. The minimum Gasteiger partial charge on any atom is -0.497 e. The van der Waals surface area contributed by atoms with Crippen LogP contribution >= 0.6 is 0 Å². The maximum atomic E-state index is 13.9. The van der Waals surface area contributed by atoms with Crippen LogP contribution in [0.1, 0.15) is 27.0 Å². The minimum atomic E-state index is -0.565. The molecule has 0 aliphatic carbocycles. The van der Waals surface area contributed by atoms with E-state index in [0.29, 0.717) is 11.3 Å². The monoisotopic (exact) mass is 258 g/mol. The molecule has 0 N–H and O–H groups in total. The van der Waals surface area contributed by atoms with Crippen LogP contribution in [-0.2, 0) is 0 Å². The highest BCUT2D eigenvalue weighted by Crippen LogP contribution is 2.21. The van der Waals surface area contributed by atoms with Gasteiger partial charge >= 0.3 is 0 Å². The van der Waals surface area contributed by atoms with Gasteiger partial charge in [0, 0.05) is 11.6 Å². The summed E-state index contributed by atoms with van der Waals surface area (Å²) in [5, 5.41) is 0. The molecule has 0 spiro atoms. The Hall–Kier alpha value is -2.16. The maximum Gasteiger partial charge on any atom is 0.196 e. The van der Waals surface area contributed by atoms with E-state index < -0.39 is 5.82 Å². The number of hydrogen-bond acceptors (Lipinski definition) is 2. The second-order valence-electron chi connectivity index (χ2n) is 4.49. The summed E-state index contributed by atoms with van der Waals surface area (Å²) in [6.45, 7) is 3.74. The molecular weight excluding hydrogens is 243 g/mol. The van der Waals surface area contributed by atoms with Gasteiger partial charge in [-0.2, -0.15) is 0 Å². The Balaban J connectivity index is 2.47.